The Bertz CT molecular complexity index is 299. The lowest BCUT2D eigenvalue weighted by Gasteiger charge is -2.11. The number of amides is 2. The molecule has 19 heavy (non-hydrogen) atoms. The quantitative estimate of drug-likeness (QED) is 0.502. The van der Waals surface area contributed by atoms with E-state index in [2.05, 4.69) is 5.32 Å². The molecule has 0 aromatic carbocycles. The van der Waals surface area contributed by atoms with E-state index in [-0.39, 0.29) is 17.7 Å². The first-order chi connectivity index (χ1) is 9.15. The highest BCUT2D eigenvalue weighted by atomic mass is 16.5. The predicted octanol–water partition coefficient (Wildman–Crippen LogP) is -1.43. The highest BCUT2D eigenvalue weighted by Crippen LogP contribution is 2.15. The van der Waals surface area contributed by atoms with Gasteiger partial charge < -0.3 is 25.4 Å². The number of rotatable bonds is 9. The zero-order valence-corrected chi connectivity index (χ0v) is 11.4. The number of carbonyl (C=O) groups is 2. The molecule has 0 aromatic heterocycles. The van der Waals surface area contributed by atoms with Crippen LogP contribution in [-0.2, 0) is 19.1 Å². The number of ether oxygens (including phenoxy) is 2. The number of nitrogens with one attached hydrogen (secondary N) is 1. The molecule has 1 fully saturated rings. The lowest BCUT2D eigenvalue weighted by molar-refractivity contribution is -0.128. The second kappa shape index (κ2) is 8.84. The average Bonchev–Trinajstić information content (AvgIpc) is 2.73. The van der Waals surface area contributed by atoms with Gasteiger partial charge in [-0.05, 0) is 0 Å². The molecule has 1 saturated heterocycles. The molecule has 0 aromatic rings. The SMILES string of the molecule is CN1CC(C(=O)NCCOCCOCCN)CC1=O. The van der Waals surface area contributed by atoms with E-state index in [1.165, 1.54) is 0 Å². The van der Waals surface area contributed by atoms with Gasteiger partial charge in [0.2, 0.25) is 11.8 Å². The molecule has 0 spiro atoms. The maximum Gasteiger partial charge on any atom is 0.225 e. The van der Waals surface area contributed by atoms with Gasteiger partial charge >= 0.3 is 0 Å². The summed E-state index contributed by atoms with van der Waals surface area (Å²) >= 11 is 0. The van der Waals surface area contributed by atoms with Crippen LogP contribution < -0.4 is 11.1 Å². The molecule has 1 aliphatic heterocycles. The molecule has 7 heteroatoms. The summed E-state index contributed by atoms with van der Waals surface area (Å²) in [5.74, 6) is -0.292. The van der Waals surface area contributed by atoms with Crippen molar-refractivity contribution in [2.24, 2.45) is 11.7 Å². The largest absolute Gasteiger partial charge is 0.378 e. The maximum atomic E-state index is 11.7. The monoisotopic (exact) mass is 273 g/mol. The van der Waals surface area contributed by atoms with Gasteiger partial charge in [0.25, 0.3) is 0 Å². The van der Waals surface area contributed by atoms with E-state index in [4.69, 9.17) is 15.2 Å². The molecule has 7 nitrogen and oxygen atoms in total. The molecule has 0 bridgehead atoms. The Labute approximate surface area is 113 Å². The van der Waals surface area contributed by atoms with Crippen molar-refractivity contribution in [3.05, 3.63) is 0 Å². The number of hydrogen-bond acceptors (Lipinski definition) is 5. The van der Waals surface area contributed by atoms with E-state index < -0.39 is 0 Å². The van der Waals surface area contributed by atoms with E-state index >= 15 is 0 Å². The molecular weight excluding hydrogens is 250 g/mol. The first kappa shape index (κ1) is 15.9. The van der Waals surface area contributed by atoms with Crippen LogP contribution in [0.25, 0.3) is 0 Å². The van der Waals surface area contributed by atoms with Crippen molar-refractivity contribution in [1.82, 2.24) is 10.2 Å². The Kier molecular flexibility index (Phi) is 7.39. The number of carbonyl (C=O) groups excluding carboxylic acids is 2. The van der Waals surface area contributed by atoms with Gasteiger partial charge in [-0.1, -0.05) is 0 Å². The van der Waals surface area contributed by atoms with E-state index in [0.29, 0.717) is 52.5 Å². The van der Waals surface area contributed by atoms with Gasteiger partial charge in [-0.3, -0.25) is 9.59 Å². The Hall–Kier alpha value is -1.18. The lowest BCUT2D eigenvalue weighted by Crippen LogP contribution is -2.34. The third kappa shape index (κ3) is 6.00. The molecular formula is C12H23N3O4. The van der Waals surface area contributed by atoms with Crippen molar-refractivity contribution in [2.45, 2.75) is 6.42 Å². The van der Waals surface area contributed by atoms with Crippen LogP contribution in [-0.4, -0.2) is 69.8 Å². The average molecular weight is 273 g/mol. The third-order valence-electron chi connectivity index (χ3n) is 2.89. The zero-order chi connectivity index (χ0) is 14.1. The van der Waals surface area contributed by atoms with Gasteiger partial charge in [0.05, 0.1) is 32.3 Å². The minimum Gasteiger partial charge on any atom is -0.378 e. The maximum absolute atomic E-state index is 11.7. The number of nitrogens with two attached hydrogens (primary N) is 1. The zero-order valence-electron chi connectivity index (χ0n) is 11.4. The minimum atomic E-state index is -0.231. The second-order valence-corrected chi connectivity index (χ2v) is 4.48. The molecule has 110 valence electrons. The molecule has 1 unspecified atom stereocenters. The topological polar surface area (TPSA) is 93.9 Å². The summed E-state index contributed by atoms with van der Waals surface area (Å²) in [4.78, 5) is 24.6. The Morgan fingerprint density at radius 1 is 1.37 bits per heavy atom. The Morgan fingerprint density at radius 2 is 2.05 bits per heavy atom. The molecule has 0 radical (unpaired) electrons. The van der Waals surface area contributed by atoms with E-state index in [0.717, 1.165) is 0 Å². The van der Waals surface area contributed by atoms with Crippen LogP contribution in [0.2, 0.25) is 0 Å². The molecule has 1 atom stereocenters. The Morgan fingerprint density at radius 3 is 2.63 bits per heavy atom. The van der Waals surface area contributed by atoms with E-state index in [9.17, 15) is 9.59 Å². The highest BCUT2D eigenvalue weighted by Gasteiger charge is 2.31. The summed E-state index contributed by atoms with van der Waals surface area (Å²) in [6.07, 6.45) is 0.302. The van der Waals surface area contributed by atoms with Crippen LogP contribution >= 0.6 is 0 Å². The van der Waals surface area contributed by atoms with Crippen LogP contribution in [0.15, 0.2) is 0 Å². The third-order valence-corrected chi connectivity index (χ3v) is 2.89. The van der Waals surface area contributed by atoms with Crippen LogP contribution in [0.1, 0.15) is 6.42 Å². The summed E-state index contributed by atoms with van der Waals surface area (Å²) in [7, 11) is 1.71. The van der Waals surface area contributed by atoms with Gasteiger partial charge in [0, 0.05) is 33.1 Å². The van der Waals surface area contributed by atoms with Crippen molar-refractivity contribution in [3.8, 4) is 0 Å². The predicted molar refractivity (Wildman–Crippen MR) is 69.4 cm³/mol. The van der Waals surface area contributed by atoms with Gasteiger partial charge in [0.15, 0.2) is 0 Å². The Balaban J connectivity index is 1.98. The standard InChI is InChI=1S/C12H23N3O4/c1-15-9-10(8-11(15)16)12(17)14-3-5-19-7-6-18-4-2-13/h10H,2-9,13H2,1H3,(H,14,17). The lowest BCUT2D eigenvalue weighted by atomic mass is 10.1. The smallest absolute Gasteiger partial charge is 0.225 e. The van der Waals surface area contributed by atoms with Gasteiger partial charge in [-0.15, -0.1) is 0 Å². The van der Waals surface area contributed by atoms with Crippen LogP contribution in [0.3, 0.4) is 0 Å². The fraction of sp³-hybridized carbons (Fsp3) is 0.833. The summed E-state index contributed by atoms with van der Waals surface area (Å²) in [6, 6.07) is 0. The van der Waals surface area contributed by atoms with Crippen molar-refractivity contribution < 1.29 is 19.1 Å². The van der Waals surface area contributed by atoms with E-state index in [1.54, 1.807) is 11.9 Å². The number of nitrogens with zero attached hydrogens (tertiary/aromatic N) is 1. The minimum absolute atomic E-state index is 0.0217. The van der Waals surface area contributed by atoms with Gasteiger partial charge in [-0.2, -0.15) is 0 Å². The fourth-order valence-corrected chi connectivity index (χ4v) is 1.84. The summed E-state index contributed by atoms with van der Waals surface area (Å²) in [5, 5.41) is 2.76. The molecule has 1 heterocycles. The molecule has 3 N–H and O–H groups in total. The summed E-state index contributed by atoms with van der Waals surface area (Å²) in [6.45, 7) is 3.42. The summed E-state index contributed by atoms with van der Waals surface area (Å²) < 4.78 is 10.4. The first-order valence-corrected chi connectivity index (χ1v) is 6.52. The first-order valence-electron chi connectivity index (χ1n) is 6.52. The molecule has 2 amide bonds. The van der Waals surface area contributed by atoms with Crippen molar-refractivity contribution >= 4 is 11.8 Å². The van der Waals surface area contributed by atoms with Crippen LogP contribution in [0, 0.1) is 5.92 Å². The molecule has 1 rings (SSSR count). The normalized spacial score (nSPS) is 18.9. The summed E-state index contributed by atoms with van der Waals surface area (Å²) in [5.41, 5.74) is 5.26. The van der Waals surface area contributed by atoms with Crippen molar-refractivity contribution in [3.63, 3.8) is 0 Å². The van der Waals surface area contributed by atoms with Crippen molar-refractivity contribution in [1.29, 1.82) is 0 Å². The van der Waals surface area contributed by atoms with Crippen molar-refractivity contribution in [2.75, 3.05) is 53.1 Å². The van der Waals surface area contributed by atoms with Gasteiger partial charge in [-0.25, -0.2) is 0 Å². The fourth-order valence-electron chi connectivity index (χ4n) is 1.84. The van der Waals surface area contributed by atoms with E-state index in [1.807, 2.05) is 0 Å². The van der Waals surface area contributed by atoms with Gasteiger partial charge in [0.1, 0.15) is 0 Å². The molecule has 0 aliphatic carbocycles. The number of likely N-dealkylation sites (tertiary alicyclic amines) is 1. The number of hydrogen-bond donors (Lipinski definition) is 2. The highest BCUT2D eigenvalue weighted by molar-refractivity contribution is 5.89. The van der Waals surface area contributed by atoms with Crippen LogP contribution in [0.5, 0.6) is 0 Å². The molecule has 1 aliphatic rings. The second-order valence-electron chi connectivity index (χ2n) is 4.48. The van der Waals surface area contributed by atoms with Crippen LogP contribution in [0.4, 0.5) is 0 Å². The molecule has 0 saturated carbocycles.